The van der Waals surface area contributed by atoms with Crippen LogP contribution in [-0.4, -0.2) is 73.5 Å². The Morgan fingerprint density at radius 3 is 2.54 bits per heavy atom. The van der Waals surface area contributed by atoms with Gasteiger partial charge in [0.15, 0.2) is 0 Å². The van der Waals surface area contributed by atoms with Gasteiger partial charge in [-0.2, -0.15) is 0 Å². The van der Waals surface area contributed by atoms with Gasteiger partial charge in [-0.3, -0.25) is 14.4 Å². The van der Waals surface area contributed by atoms with Crippen LogP contribution in [0.1, 0.15) is 35.7 Å². The summed E-state index contributed by atoms with van der Waals surface area (Å²) in [7, 11) is 0. The Morgan fingerprint density at radius 1 is 1.11 bits per heavy atom. The molecule has 0 unspecified atom stereocenters. The standard InChI is InChI=1S/C21H27N3O4/c1-16(25)23-9-11-24(12-10-23)20(26)5-8-22-21(27)19-4-2-3-18(15-19)17-6-13-28-14-7-17/h2-4,6,15H,5,7-14H2,1H3,(H,22,27). The van der Waals surface area contributed by atoms with Gasteiger partial charge in [-0.15, -0.1) is 0 Å². The van der Waals surface area contributed by atoms with Gasteiger partial charge in [0, 0.05) is 51.6 Å². The van der Waals surface area contributed by atoms with Crippen LogP contribution in [0.15, 0.2) is 30.3 Å². The molecule has 1 aromatic carbocycles. The van der Waals surface area contributed by atoms with Crippen molar-refractivity contribution in [3.63, 3.8) is 0 Å². The number of amides is 3. The molecule has 150 valence electrons. The van der Waals surface area contributed by atoms with Crippen LogP contribution < -0.4 is 5.32 Å². The normalized spacial score (nSPS) is 17.1. The number of hydrogen-bond donors (Lipinski definition) is 1. The predicted octanol–water partition coefficient (Wildman–Crippen LogP) is 1.30. The van der Waals surface area contributed by atoms with E-state index >= 15 is 0 Å². The van der Waals surface area contributed by atoms with Crippen LogP contribution in [-0.2, 0) is 14.3 Å². The molecule has 0 spiro atoms. The number of ether oxygens (including phenoxy) is 1. The van der Waals surface area contributed by atoms with Gasteiger partial charge < -0.3 is 19.9 Å². The average molecular weight is 385 g/mol. The molecule has 7 heteroatoms. The van der Waals surface area contributed by atoms with Crippen molar-refractivity contribution in [2.45, 2.75) is 19.8 Å². The first-order valence-corrected chi connectivity index (χ1v) is 9.73. The highest BCUT2D eigenvalue weighted by Gasteiger charge is 2.22. The van der Waals surface area contributed by atoms with Gasteiger partial charge in [0.2, 0.25) is 11.8 Å². The molecule has 28 heavy (non-hydrogen) atoms. The maximum Gasteiger partial charge on any atom is 0.251 e. The van der Waals surface area contributed by atoms with Crippen molar-refractivity contribution in [2.24, 2.45) is 0 Å². The van der Waals surface area contributed by atoms with Crippen molar-refractivity contribution in [3.8, 4) is 0 Å². The lowest BCUT2D eigenvalue weighted by Crippen LogP contribution is -2.50. The second-order valence-electron chi connectivity index (χ2n) is 7.03. The van der Waals surface area contributed by atoms with E-state index in [1.807, 2.05) is 24.3 Å². The Hall–Kier alpha value is -2.67. The Labute approximate surface area is 165 Å². The molecule has 7 nitrogen and oxygen atoms in total. The smallest absolute Gasteiger partial charge is 0.251 e. The molecule has 0 radical (unpaired) electrons. The lowest BCUT2D eigenvalue weighted by atomic mass is 9.99. The number of benzene rings is 1. The lowest BCUT2D eigenvalue weighted by molar-refractivity contribution is -0.138. The summed E-state index contributed by atoms with van der Waals surface area (Å²) in [6.45, 7) is 5.38. The predicted molar refractivity (Wildman–Crippen MR) is 106 cm³/mol. The highest BCUT2D eigenvalue weighted by molar-refractivity contribution is 5.95. The van der Waals surface area contributed by atoms with Crippen molar-refractivity contribution in [3.05, 3.63) is 41.5 Å². The molecule has 0 bridgehead atoms. The highest BCUT2D eigenvalue weighted by atomic mass is 16.5. The molecular formula is C21H27N3O4. The summed E-state index contributed by atoms with van der Waals surface area (Å²) in [6.07, 6.45) is 3.15. The number of nitrogens with zero attached hydrogens (tertiary/aromatic N) is 2. The summed E-state index contributed by atoms with van der Waals surface area (Å²) in [5, 5.41) is 2.83. The summed E-state index contributed by atoms with van der Waals surface area (Å²) in [6, 6.07) is 7.54. The van der Waals surface area contributed by atoms with E-state index in [4.69, 9.17) is 4.74 Å². The molecule has 2 aliphatic rings. The summed E-state index contributed by atoms with van der Waals surface area (Å²) in [5.74, 6) is -0.133. The van der Waals surface area contributed by atoms with Crippen molar-refractivity contribution >= 4 is 23.3 Å². The van der Waals surface area contributed by atoms with Gasteiger partial charge in [0.05, 0.1) is 13.2 Å². The van der Waals surface area contributed by atoms with Gasteiger partial charge in [-0.25, -0.2) is 0 Å². The fourth-order valence-electron chi connectivity index (χ4n) is 3.46. The number of piperazine rings is 1. The summed E-state index contributed by atoms with van der Waals surface area (Å²) >= 11 is 0. The second-order valence-corrected chi connectivity index (χ2v) is 7.03. The molecule has 0 atom stereocenters. The third-order valence-corrected chi connectivity index (χ3v) is 5.16. The van der Waals surface area contributed by atoms with Crippen LogP contribution >= 0.6 is 0 Å². The minimum Gasteiger partial charge on any atom is -0.377 e. The van der Waals surface area contributed by atoms with Crippen LogP contribution in [0.25, 0.3) is 5.57 Å². The first-order valence-electron chi connectivity index (χ1n) is 9.73. The topological polar surface area (TPSA) is 79.0 Å². The monoisotopic (exact) mass is 385 g/mol. The van der Waals surface area contributed by atoms with Gasteiger partial charge in [0.25, 0.3) is 5.91 Å². The van der Waals surface area contributed by atoms with Crippen molar-refractivity contribution < 1.29 is 19.1 Å². The van der Waals surface area contributed by atoms with Crippen LogP contribution in [0.3, 0.4) is 0 Å². The molecule has 1 aromatic rings. The van der Waals surface area contributed by atoms with Crippen LogP contribution in [0.2, 0.25) is 0 Å². The third kappa shape index (κ3) is 5.19. The molecule has 1 fully saturated rings. The van der Waals surface area contributed by atoms with Crippen molar-refractivity contribution in [1.29, 1.82) is 0 Å². The van der Waals surface area contributed by atoms with Crippen LogP contribution in [0.4, 0.5) is 0 Å². The van der Waals surface area contributed by atoms with Gasteiger partial charge in [0.1, 0.15) is 0 Å². The largest absolute Gasteiger partial charge is 0.377 e. The molecule has 0 saturated carbocycles. The summed E-state index contributed by atoms with van der Waals surface area (Å²) < 4.78 is 5.33. The maximum absolute atomic E-state index is 12.4. The van der Waals surface area contributed by atoms with E-state index in [2.05, 4.69) is 5.32 Å². The van der Waals surface area contributed by atoms with E-state index in [0.29, 0.717) is 51.5 Å². The zero-order valence-electron chi connectivity index (χ0n) is 16.3. The molecule has 1 saturated heterocycles. The fourth-order valence-corrected chi connectivity index (χ4v) is 3.46. The molecule has 3 rings (SSSR count). The Balaban J connectivity index is 1.46. The minimum absolute atomic E-state index is 0.00427. The highest BCUT2D eigenvalue weighted by Crippen LogP contribution is 2.22. The second kappa shape index (κ2) is 9.50. The van der Waals surface area contributed by atoms with E-state index in [0.717, 1.165) is 12.0 Å². The molecule has 2 aliphatic heterocycles. The van der Waals surface area contributed by atoms with Gasteiger partial charge >= 0.3 is 0 Å². The fraction of sp³-hybridized carbons (Fsp3) is 0.476. The molecule has 0 aromatic heterocycles. The van der Waals surface area contributed by atoms with Crippen LogP contribution in [0, 0.1) is 0 Å². The summed E-state index contributed by atoms with van der Waals surface area (Å²) in [4.78, 5) is 39.6. The molecule has 1 N–H and O–H groups in total. The van der Waals surface area contributed by atoms with E-state index in [1.54, 1.807) is 22.8 Å². The molecular weight excluding hydrogens is 358 g/mol. The molecule has 3 amide bonds. The first-order chi connectivity index (χ1) is 13.5. The van der Waals surface area contributed by atoms with Gasteiger partial charge in [-0.1, -0.05) is 18.2 Å². The quantitative estimate of drug-likeness (QED) is 0.829. The van der Waals surface area contributed by atoms with Crippen molar-refractivity contribution in [1.82, 2.24) is 15.1 Å². The zero-order valence-corrected chi connectivity index (χ0v) is 16.3. The third-order valence-electron chi connectivity index (χ3n) is 5.16. The first kappa shape index (κ1) is 20.1. The van der Waals surface area contributed by atoms with Gasteiger partial charge in [-0.05, 0) is 29.7 Å². The van der Waals surface area contributed by atoms with E-state index in [1.165, 1.54) is 5.57 Å². The minimum atomic E-state index is -0.177. The zero-order chi connectivity index (χ0) is 19.9. The SMILES string of the molecule is CC(=O)N1CCN(C(=O)CCNC(=O)c2cccc(C3=CCOCC3)c2)CC1. The Kier molecular flexibility index (Phi) is 6.81. The number of hydrogen-bond acceptors (Lipinski definition) is 4. The number of rotatable bonds is 5. The lowest BCUT2D eigenvalue weighted by Gasteiger charge is -2.34. The number of carbonyl (C=O) groups is 3. The Bertz CT molecular complexity index is 767. The van der Waals surface area contributed by atoms with E-state index in [9.17, 15) is 14.4 Å². The van der Waals surface area contributed by atoms with Crippen molar-refractivity contribution in [2.75, 3.05) is 45.9 Å². The maximum atomic E-state index is 12.4. The average Bonchev–Trinajstić information content (AvgIpc) is 2.74. The molecule has 2 heterocycles. The number of nitrogens with one attached hydrogen (secondary N) is 1. The summed E-state index contributed by atoms with van der Waals surface area (Å²) in [5.41, 5.74) is 2.82. The van der Waals surface area contributed by atoms with E-state index in [-0.39, 0.29) is 24.1 Å². The van der Waals surface area contributed by atoms with E-state index < -0.39 is 0 Å². The Morgan fingerprint density at radius 2 is 1.86 bits per heavy atom. The van der Waals surface area contributed by atoms with Crippen LogP contribution in [0.5, 0.6) is 0 Å². The number of carbonyl (C=O) groups excluding carboxylic acids is 3. The molecule has 0 aliphatic carbocycles.